The summed E-state index contributed by atoms with van der Waals surface area (Å²) in [6.07, 6.45) is 0.562. The quantitative estimate of drug-likeness (QED) is 0.304. The molecular weight excluding hydrogens is 390 g/mol. The Morgan fingerprint density at radius 3 is 2.55 bits per heavy atom. The van der Waals surface area contributed by atoms with Gasteiger partial charge in [-0.15, -0.1) is 0 Å². The number of carbonyl (C=O) groups excluding carboxylic acids is 1. The fraction of sp³-hybridized carbons (Fsp3) is 0.160. The summed E-state index contributed by atoms with van der Waals surface area (Å²) in [5.41, 5.74) is 5.80. The minimum atomic E-state index is -0.241. The number of methoxy groups -OCH3 is 1. The summed E-state index contributed by atoms with van der Waals surface area (Å²) >= 11 is 0. The van der Waals surface area contributed by atoms with E-state index in [-0.39, 0.29) is 5.91 Å². The Bertz CT molecular complexity index is 1230. The Kier molecular flexibility index (Phi) is 5.91. The third kappa shape index (κ3) is 4.39. The highest BCUT2D eigenvalue weighted by molar-refractivity contribution is 5.98. The van der Waals surface area contributed by atoms with Gasteiger partial charge in [0, 0.05) is 12.0 Å². The maximum absolute atomic E-state index is 12.9. The number of nitrogen functional groups attached to an aromatic ring is 1. The van der Waals surface area contributed by atoms with E-state index in [0.29, 0.717) is 35.7 Å². The van der Waals surface area contributed by atoms with Crippen LogP contribution >= 0.6 is 0 Å². The van der Waals surface area contributed by atoms with Crippen molar-refractivity contribution in [3.63, 3.8) is 0 Å². The Morgan fingerprint density at radius 1 is 1.03 bits per heavy atom. The van der Waals surface area contributed by atoms with Crippen molar-refractivity contribution in [1.29, 1.82) is 0 Å². The molecule has 1 aromatic heterocycles. The predicted molar refractivity (Wildman–Crippen MR) is 122 cm³/mol. The number of hydrazine groups is 1. The molecule has 3 aromatic carbocycles. The molecule has 0 saturated carbocycles. The monoisotopic (exact) mass is 415 g/mol. The molecule has 0 radical (unpaired) electrons. The zero-order chi connectivity index (χ0) is 21.8. The second-order valence-corrected chi connectivity index (χ2v) is 7.37. The van der Waals surface area contributed by atoms with Crippen molar-refractivity contribution in [2.45, 2.75) is 19.9 Å². The number of benzene rings is 3. The number of anilines is 1. The van der Waals surface area contributed by atoms with Crippen LogP contribution in [0.5, 0.6) is 5.75 Å². The molecule has 0 spiro atoms. The van der Waals surface area contributed by atoms with Crippen LogP contribution < -0.4 is 21.3 Å². The molecule has 1 heterocycles. The first-order chi connectivity index (χ1) is 15.1. The van der Waals surface area contributed by atoms with Crippen molar-refractivity contribution in [1.82, 2.24) is 5.32 Å². The van der Waals surface area contributed by atoms with Gasteiger partial charge in [0.2, 0.25) is 0 Å². The summed E-state index contributed by atoms with van der Waals surface area (Å²) < 4.78 is 11.2. The fourth-order valence-corrected chi connectivity index (χ4v) is 3.75. The molecule has 0 aliphatic heterocycles. The minimum absolute atomic E-state index is 0.241. The highest BCUT2D eigenvalue weighted by Crippen LogP contribution is 2.33. The molecule has 4 N–H and O–H groups in total. The van der Waals surface area contributed by atoms with Crippen molar-refractivity contribution in [2.24, 2.45) is 5.84 Å². The van der Waals surface area contributed by atoms with Gasteiger partial charge in [0.1, 0.15) is 17.3 Å². The highest BCUT2D eigenvalue weighted by atomic mass is 16.5. The number of hydrogen-bond acceptors (Lipinski definition) is 5. The lowest BCUT2D eigenvalue weighted by molar-refractivity contribution is 0.0944. The van der Waals surface area contributed by atoms with Crippen LogP contribution in [-0.2, 0) is 13.0 Å². The predicted octanol–water partition coefficient (Wildman–Crippen LogP) is 4.56. The lowest BCUT2D eigenvalue weighted by atomic mass is 9.97. The van der Waals surface area contributed by atoms with E-state index in [1.807, 2.05) is 31.2 Å². The number of hydrogen-bond donors (Lipinski definition) is 3. The molecule has 0 unspecified atom stereocenters. The summed E-state index contributed by atoms with van der Waals surface area (Å²) in [6, 6.07) is 21.7. The van der Waals surface area contributed by atoms with Gasteiger partial charge in [-0.2, -0.15) is 0 Å². The van der Waals surface area contributed by atoms with E-state index in [1.54, 1.807) is 19.2 Å². The number of aryl methyl sites for hydroxylation is 1. The summed E-state index contributed by atoms with van der Waals surface area (Å²) in [7, 11) is 1.56. The van der Waals surface area contributed by atoms with Gasteiger partial charge in [0.15, 0.2) is 0 Å². The molecule has 158 valence electrons. The molecule has 4 aromatic rings. The number of nitrogens with one attached hydrogen (secondary N) is 2. The molecule has 31 heavy (non-hydrogen) atoms. The number of fused-ring (bicyclic) bond motifs is 1. The molecule has 6 heteroatoms. The van der Waals surface area contributed by atoms with Crippen molar-refractivity contribution in [2.75, 3.05) is 12.5 Å². The van der Waals surface area contributed by atoms with Gasteiger partial charge >= 0.3 is 0 Å². The summed E-state index contributed by atoms with van der Waals surface area (Å²) in [4.78, 5) is 12.9. The van der Waals surface area contributed by atoms with Gasteiger partial charge in [-0.05, 0) is 47.5 Å². The minimum Gasteiger partial charge on any atom is -0.496 e. The van der Waals surface area contributed by atoms with Crippen LogP contribution in [0.1, 0.15) is 33.0 Å². The SMILES string of the molecule is COc1c(C(=O)NCc2ccc(C)o2)ccc(NN)c1Cc1ccc2ccccc2c1. The van der Waals surface area contributed by atoms with Crippen molar-refractivity contribution in [3.05, 3.63) is 94.9 Å². The number of amides is 1. The molecule has 1 amide bonds. The van der Waals surface area contributed by atoms with Gasteiger partial charge in [0.05, 0.1) is 24.9 Å². The average Bonchev–Trinajstić information content (AvgIpc) is 3.22. The van der Waals surface area contributed by atoms with E-state index in [1.165, 1.54) is 5.39 Å². The Hall–Kier alpha value is -3.77. The molecule has 0 saturated heterocycles. The Morgan fingerprint density at radius 2 is 1.84 bits per heavy atom. The number of ether oxygens (including phenoxy) is 1. The van der Waals surface area contributed by atoms with Crippen molar-refractivity contribution >= 4 is 22.4 Å². The first-order valence-electron chi connectivity index (χ1n) is 10.1. The van der Waals surface area contributed by atoms with Crippen LogP contribution in [0.15, 0.2) is 71.1 Å². The normalized spacial score (nSPS) is 10.8. The van der Waals surface area contributed by atoms with Crippen LogP contribution in [-0.4, -0.2) is 13.0 Å². The summed E-state index contributed by atoms with van der Waals surface area (Å²) in [5, 5.41) is 5.23. The van der Waals surface area contributed by atoms with E-state index in [0.717, 1.165) is 22.3 Å². The lowest BCUT2D eigenvalue weighted by Gasteiger charge is -2.17. The van der Waals surface area contributed by atoms with Crippen LogP contribution in [0.2, 0.25) is 0 Å². The third-order valence-corrected chi connectivity index (χ3v) is 5.28. The Labute approximate surface area is 181 Å². The van der Waals surface area contributed by atoms with Crippen molar-refractivity contribution < 1.29 is 13.9 Å². The molecule has 0 fully saturated rings. The molecule has 0 aliphatic carbocycles. The zero-order valence-electron chi connectivity index (χ0n) is 17.6. The molecule has 4 rings (SSSR count). The Balaban J connectivity index is 1.64. The maximum atomic E-state index is 12.9. The topological polar surface area (TPSA) is 89.5 Å². The fourth-order valence-electron chi connectivity index (χ4n) is 3.75. The first kappa shape index (κ1) is 20.5. The smallest absolute Gasteiger partial charge is 0.255 e. The van der Waals surface area contributed by atoms with Crippen LogP contribution in [0.3, 0.4) is 0 Å². The van der Waals surface area contributed by atoms with E-state index in [4.69, 9.17) is 15.0 Å². The second-order valence-electron chi connectivity index (χ2n) is 7.37. The average molecular weight is 415 g/mol. The van der Waals surface area contributed by atoms with E-state index in [2.05, 4.69) is 41.1 Å². The van der Waals surface area contributed by atoms with Gasteiger partial charge in [-0.1, -0.05) is 42.5 Å². The molecule has 0 atom stereocenters. The van der Waals surface area contributed by atoms with E-state index in [9.17, 15) is 4.79 Å². The number of furan rings is 1. The zero-order valence-corrected chi connectivity index (χ0v) is 17.6. The second kappa shape index (κ2) is 8.93. The van der Waals surface area contributed by atoms with E-state index >= 15 is 0 Å². The highest BCUT2D eigenvalue weighted by Gasteiger charge is 2.19. The van der Waals surface area contributed by atoms with Crippen LogP contribution in [0.4, 0.5) is 5.69 Å². The van der Waals surface area contributed by atoms with Gasteiger partial charge in [0.25, 0.3) is 5.91 Å². The number of carbonyl (C=O) groups is 1. The summed E-state index contributed by atoms with van der Waals surface area (Å²) in [6.45, 7) is 2.17. The van der Waals surface area contributed by atoms with Gasteiger partial charge < -0.3 is 19.9 Å². The first-order valence-corrected chi connectivity index (χ1v) is 10.1. The molecule has 0 aliphatic rings. The number of nitrogens with two attached hydrogens (primary N) is 1. The molecule has 6 nitrogen and oxygen atoms in total. The third-order valence-electron chi connectivity index (χ3n) is 5.28. The number of rotatable bonds is 7. The molecule has 0 bridgehead atoms. The maximum Gasteiger partial charge on any atom is 0.255 e. The van der Waals surface area contributed by atoms with E-state index < -0.39 is 0 Å². The van der Waals surface area contributed by atoms with Gasteiger partial charge in [-0.3, -0.25) is 10.6 Å². The van der Waals surface area contributed by atoms with Crippen LogP contribution in [0, 0.1) is 6.92 Å². The lowest BCUT2D eigenvalue weighted by Crippen LogP contribution is -2.24. The van der Waals surface area contributed by atoms with Gasteiger partial charge in [-0.25, -0.2) is 0 Å². The summed E-state index contributed by atoms with van der Waals surface area (Å²) in [5.74, 6) is 7.52. The van der Waals surface area contributed by atoms with Crippen molar-refractivity contribution in [3.8, 4) is 5.75 Å². The van der Waals surface area contributed by atoms with Crippen LogP contribution in [0.25, 0.3) is 10.8 Å². The molecular formula is C25H25N3O3. The standard InChI is InChI=1S/C25H25N3O3/c1-16-7-10-20(31-16)15-27-25(29)21-11-12-23(28-26)22(24(21)30-2)14-17-8-9-18-5-3-4-6-19(18)13-17/h3-13,28H,14-15,26H2,1-2H3,(H,27,29). The largest absolute Gasteiger partial charge is 0.496 e.